The lowest BCUT2D eigenvalue weighted by Gasteiger charge is -2.31. The van der Waals surface area contributed by atoms with E-state index >= 15 is 0 Å². The Morgan fingerprint density at radius 3 is 2.23 bits per heavy atom. The molecule has 0 spiro atoms. The Labute approximate surface area is 240 Å². The largest absolute Gasteiger partial charge is 0.497 e. The van der Waals surface area contributed by atoms with Crippen LogP contribution in [0.1, 0.15) is 36.7 Å². The highest BCUT2D eigenvalue weighted by Crippen LogP contribution is 2.31. The van der Waals surface area contributed by atoms with E-state index in [9.17, 15) is 13.2 Å². The quantitative estimate of drug-likeness (QED) is 0.343. The lowest BCUT2D eigenvalue weighted by molar-refractivity contribution is 0.0977. The average molecular weight is 583 g/mol. The zero-order valence-electron chi connectivity index (χ0n) is 23.0. The van der Waals surface area contributed by atoms with Gasteiger partial charge in [-0.05, 0) is 77.8 Å². The Balaban J connectivity index is 1.55. The van der Waals surface area contributed by atoms with Crippen LogP contribution in [0.25, 0.3) is 0 Å². The second-order valence-electron chi connectivity index (χ2n) is 10.3. The Hall–Kier alpha value is -3.67. The number of methoxy groups -OCH3 is 1. The smallest absolute Gasteiger partial charge is 0.261 e. The summed E-state index contributed by atoms with van der Waals surface area (Å²) in [5.74, 6) is 0.251. The van der Waals surface area contributed by atoms with Gasteiger partial charge >= 0.3 is 0 Å². The van der Waals surface area contributed by atoms with Gasteiger partial charge in [0.25, 0.3) is 15.9 Å². The van der Waals surface area contributed by atoms with Crippen LogP contribution < -0.4 is 25.0 Å². The van der Waals surface area contributed by atoms with Crippen molar-refractivity contribution in [2.75, 3.05) is 48.4 Å². The molecule has 1 amide bonds. The first-order chi connectivity index (χ1) is 19.0. The van der Waals surface area contributed by atoms with Gasteiger partial charge in [-0.2, -0.15) is 0 Å². The van der Waals surface area contributed by atoms with Crippen LogP contribution in [-0.2, 0) is 20.2 Å². The molecule has 0 saturated carbocycles. The summed E-state index contributed by atoms with van der Waals surface area (Å²) in [7, 11) is -2.38. The molecular formula is C29H34N4O5S2. The standard InChI is InChI=1S/C29H34N4O5S2/c1-29(2,3)21-7-5-20(6-8-21)27(34)31-28(39)30-25-19-24(13-14-26(25)33-15-17-38-18-16-33)40(35,36)32-22-9-11-23(37-4)12-10-22/h5-14,19,32H,15-18H2,1-4H3,(H2,30,31,34,39). The molecule has 1 aliphatic rings. The maximum absolute atomic E-state index is 13.2. The summed E-state index contributed by atoms with van der Waals surface area (Å²) in [6.07, 6.45) is 0. The summed E-state index contributed by atoms with van der Waals surface area (Å²) in [6, 6.07) is 18.7. The summed E-state index contributed by atoms with van der Waals surface area (Å²) >= 11 is 5.46. The number of hydrogen-bond acceptors (Lipinski definition) is 7. The van der Waals surface area contributed by atoms with Gasteiger partial charge in [-0.15, -0.1) is 0 Å². The third-order valence-electron chi connectivity index (χ3n) is 6.46. The van der Waals surface area contributed by atoms with Gasteiger partial charge in [0.05, 0.1) is 36.6 Å². The molecule has 1 heterocycles. The van der Waals surface area contributed by atoms with E-state index in [-0.39, 0.29) is 21.3 Å². The Kier molecular flexibility index (Phi) is 8.97. The van der Waals surface area contributed by atoms with Crippen LogP contribution in [0.5, 0.6) is 5.75 Å². The predicted molar refractivity (Wildman–Crippen MR) is 162 cm³/mol. The fourth-order valence-corrected chi connectivity index (χ4v) is 5.47. The van der Waals surface area contributed by atoms with Crippen molar-refractivity contribution in [1.82, 2.24) is 5.32 Å². The predicted octanol–water partition coefficient (Wildman–Crippen LogP) is 4.76. The van der Waals surface area contributed by atoms with Crippen molar-refractivity contribution in [3.8, 4) is 5.75 Å². The normalized spacial score (nSPS) is 13.8. The van der Waals surface area contributed by atoms with Crippen molar-refractivity contribution in [3.05, 3.63) is 77.9 Å². The lowest BCUT2D eigenvalue weighted by atomic mass is 9.87. The van der Waals surface area contributed by atoms with Crippen molar-refractivity contribution < 1.29 is 22.7 Å². The van der Waals surface area contributed by atoms with Crippen LogP contribution in [0.3, 0.4) is 0 Å². The van der Waals surface area contributed by atoms with E-state index < -0.39 is 10.0 Å². The molecule has 0 unspecified atom stereocenters. The monoisotopic (exact) mass is 582 g/mol. The molecule has 0 atom stereocenters. The van der Waals surface area contributed by atoms with E-state index in [1.54, 1.807) is 55.6 Å². The van der Waals surface area contributed by atoms with Crippen LogP contribution in [-0.4, -0.2) is 52.9 Å². The van der Waals surface area contributed by atoms with Crippen LogP contribution >= 0.6 is 12.2 Å². The molecule has 4 rings (SSSR count). The van der Waals surface area contributed by atoms with Gasteiger partial charge in [-0.1, -0.05) is 32.9 Å². The summed E-state index contributed by atoms with van der Waals surface area (Å²) in [4.78, 5) is 15.0. The van der Waals surface area contributed by atoms with Crippen molar-refractivity contribution in [2.24, 2.45) is 0 Å². The van der Waals surface area contributed by atoms with Gasteiger partial charge < -0.3 is 19.7 Å². The van der Waals surface area contributed by atoms with Gasteiger partial charge in [0.1, 0.15) is 5.75 Å². The molecular weight excluding hydrogens is 548 g/mol. The van der Waals surface area contributed by atoms with Crippen LogP contribution in [0.4, 0.5) is 17.1 Å². The number of nitrogens with zero attached hydrogens (tertiary/aromatic N) is 1. The fourth-order valence-electron chi connectivity index (χ4n) is 4.19. The molecule has 40 heavy (non-hydrogen) atoms. The van der Waals surface area contributed by atoms with Gasteiger partial charge in [0.15, 0.2) is 5.11 Å². The number of carbonyl (C=O) groups excluding carboxylic acids is 1. The topological polar surface area (TPSA) is 109 Å². The van der Waals surface area contributed by atoms with Crippen molar-refractivity contribution in [2.45, 2.75) is 31.1 Å². The number of anilines is 3. The zero-order valence-corrected chi connectivity index (χ0v) is 24.6. The first-order valence-electron chi connectivity index (χ1n) is 12.8. The van der Waals surface area contributed by atoms with E-state index in [2.05, 4.69) is 41.0 Å². The number of carbonyl (C=O) groups is 1. The summed E-state index contributed by atoms with van der Waals surface area (Å²) in [5.41, 5.74) is 3.14. The summed E-state index contributed by atoms with van der Waals surface area (Å²) in [5, 5.41) is 5.80. The minimum absolute atomic E-state index is 0.0324. The molecule has 0 aromatic heterocycles. The van der Waals surface area contributed by atoms with Crippen molar-refractivity contribution >= 4 is 50.3 Å². The SMILES string of the molecule is COc1ccc(NS(=O)(=O)c2ccc(N3CCOCC3)c(NC(=S)NC(=O)c3ccc(C(C)(C)C)cc3)c2)cc1. The highest BCUT2D eigenvalue weighted by molar-refractivity contribution is 7.92. The molecule has 0 radical (unpaired) electrons. The van der Waals surface area contributed by atoms with E-state index in [0.29, 0.717) is 49.0 Å². The number of hydrogen-bond donors (Lipinski definition) is 3. The summed E-state index contributed by atoms with van der Waals surface area (Å²) < 4.78 is 39.7. The fraction of sp³-hybridized carbons (Fsp3) is 0.310. The average Bonchev–Trinajstić information content (AvgIpc) is 2.93. The first-order valence-corrected chi connectivity index (χ1v) is 14.7. The van der Waals surface area contributed by atoms with Gasteiger partial charge in [0, 0.05) is 24.3 Å². The summed E-state index contributed by atoms with van der Waals surface area (Å²) in [6.45, 7) is 8.67. The first kappa shape index (κ1) is 29.3. The molecule has 0 bridgehead atoms. The number of thiocarbonyl (C=S) groups is 1. The molecule has 0 aliphatic carbocycles. The van der Waals surface area contributed by atoms with E-state index in [1.807, 2.05) is 12.1 Å². The number of morpholine rings is 1. The number of ether oxygens (including phenoxy) is 2. The minimum atomic E-state index is -3.93. The molecule has 9 nitrogen and oxygen atoms in total. The molecule has 1 fully saturated rings. The minimum Gasteiger partial charge on any atom is -0.497 e. The van der Waals surface area contributed by atoms with E-state index in [4.69, 9.17) is 21.7 Å². The lowest BCUT2D eigenvalue weighted by Crippen LogP contribution is -2.38. The maximum Gasteiger partial charge on any atom is 0.261 e. The third-order valence-corrected chi connectivity index (χ3v) is 8.04. The number of amides is 1. The Morgan fingerprint density at radius 1 is 0.975 bits per heavy atom. The van der Waals surface area contributed by atoms with E-state index in [1.165, 1.54) is 6.07 Å². The van der Waals surface area contributed by atoms with Gasteiger partial charge in [0.2, 0.25) is 0 Å². The van der Waals surface area contributed by atoms with E-state index in [0.717, 1.165) is 11.3 Å². The van der Waals surface area contributed by atoms with Crippen molar-refractivity contribution in [3.63, 3.8) is 0 Å². The van der Waals surface area contributed by atoms with Crippen LogP contribution in [0, 0.1) is 0 Å². The molecule has 1 aliphatic heterocycles. The molecule has 1 saturated heterocycles. The van der Waals surface area contributed by atoms with Crippen LogP contribution in [0.15, 0.2) is 71.6 Å². The Bertz CT molecular complexity index is 1460. The number of sulfonamides is 1. The molecule has 3 aromatic carbocycles. The molecule has 3 N–H and O–H groups in total. The zero-order chi connectivity index (χ0) is 28.9. The highest BCUT2D eigenvalue weighted by atomic mass is 32.2. The van der Waals surface area contributed by atoms with Crippen LogP contribution in [0.2, 0.25) is 0 Å². The van der Waals surface area contributed by atoms with Crippen molar-refractivity contribution in [1.29, 1.82) is 0 Å². The third kappa shape index (κ3) is 7.29. The molecule has 3 aromatic rings. The Morgan fingerprint density at radius 2 is 1.62 bits per heavy atom. The number of rotatable bonds is 7. The second-order valence-corrected chi connectivity index (χ2v) is 12.4. The second kappa shape index (κ2) is 12.2. The number of nitrogens with one attached hydrogen (secondary N) is 3. The highest BCUT2D eigenvalue weighted by Gasteiger charge is 2.22. The molecule has 11 heteroatoms. The maximum atomic E-state index is 13.2. The number of benzene rings is 3. The van der Waals surface area contributed by atoms with Gasteiger partial charge in [-0.3, -0.25) is 14.8 Å². The van der Waals surface area contributed by atoms with Gasteiger partial charge in [-0.25, -0.2) is 8.42 Å². The molecule has 212 valence electrons.